The van der Waals surface area contributed by atoms with E-state index in [1.54, 1.807) is 0 Å². The van der Waals surface area contributed by atoms with Crippen LogP contribution in [0.5, 0.6) is 5.75 Å². The third-order valence-corrected chi connectivity index (χ3v) is 1.80. The summed E-state index contributed by atoms with van der Waals surface area (Å²) < 4.78 is 17.5. The predicted molar refractivity (Wildman–Crippen MR) is 56.1 cm³/mol. The molecule has 0 heterocycles. The summed E-state index contributed by atoms with van der Waals surface area (Å²) in [6.07, 6.45) is 4.77. The van der Waals surface area contributed by atoms with Crippen molar-refractivity contribution in [3.05, 3.63) is 42.2 Å². The molecule has 0 aromatic heterocycles. The molecule has 0 fully saturated rings. The summed E-state index contributed by atoms with van der Waals surface area (Å²) in [6, 6.07) is 5.38. The molecule has 0 atom stereocenters. The highest BCUT2D eigenvalue weighted by Crippen LogP contribution is 2.12. The second-order valence-corrected chi connectivity index (χ2v) is 3.04. The van der Waals surface area contributed by atoms with Crippen molar-refractivity contribution in [1.82, 2.24) is 0 Å². The fourth-order valence-electron chi connectivity index (χ4n) is 1.05. The van der Waals surface area contributed by atoms with Gasteiger partial charge in [0.1, 0.15) is 11.6 Å². The molecule has 0 spiro atoms. The molecule has 0 aliphatic heterocycles. The largest absolute Gasteiger partial charge is 0.427 e. The number of hydrogen-bond acceptors (Lipinski definition) is 2. The van der Waals surface area contributed by atoms with E-state index in [9.17, 15) is 9.18 Å². The minimum absolute atomic E-state index is 0.306. The average molecular weight is 208 g/mol. The quantitative estimate of drug-likeness (QED) is 0.432. The van der Waals surface area contributed by atoms with Crippen molar-refractivity contribution in [2.75, 3.05) is 0 Å². The molecule has 0 amide bonds. The van der Waals surface area contributed by atoms with Gasteiger partial charge in [0.25, 0.3) is 0 Å². The summed E-state index contributed by atoms with van der Waals surface area (Å²) in [5.74, 6) is -0.273. The lowest BCUT2D eigenvalue weighted by Crippen LogP contribution is -2.06. The third kappa shape index (κ3) is 4.40. The Kier molecular flexibility index (Phi) is 4.54. The van der Waals surface area contributed by atoms with E-state index in [1.165, 1.54) is 24.3 Å². The van der Waals surface area contributed by atoms with Gasteiger partial charge in [-0.3, -0.25) is 4.79 Å². The van der Waals surface area contributed by atoms with E-state index in [0.717, 1.165) is 0 Å². The number of carbonyl (C=O) groups excluding carboxylic acids is 1. The molecule has 0 unspecified atom stereocenters. The van der Waals surface area contributed by atoms with E-state index in [2.05, 4.69) is 0 Å². The molecule has 1 aromatic rings. The number of allylic oxidation sites excluding steroid dienone is 2. The van der Waals surface area contributed by atoms with E-state index in [1.807, 2.05) is 19.1 Å². The molecule has 0 bridgehead atoms. The Labute approximate surface area is 88.4 Å². The van der Waals surface area contributed by atoms with Gasteiger partial charge in [0.15, 0.2) is 0 Å². The molecule has 0 saturated heterocycles. The summed E-state index contributed by atoms with van der Waals surface area (Å²) in [5, 5.41) is 0. The molecule has 1 aromatic carbocycles. The molecule has 1 rings (SSSR count). The topological polar surface area (TPSA) is 26.3 Å². The van der Waals surface area contributed by atoms with Gasteiger partial charge in [-0.05, 0) is 37.6 Å². The van der Waals surface area contributed by atoms with E-state index in [-0.39, 0.29) is 11.8 Å². The van der Waals surface area contributed by atoms with E-state index in [0.29, 0.717) is 18.6 Å². The maximum Gasteiger partial charge on any atom is 0.311 e. The molecule has 2 nitrogen and oxygen atoms in total. The number of halogens is 1. The van der Waals surface area contributed by atoms with Crippen LogP contribution in [0.4, 0.5) is 4.39 Å². The van der Waals surface area contributed by atoms with Crippen molar-refractivity contribution >= 4 is 5.97 Å². The first-order chi connectivity index (χ1) is 7.22. The van der Waals surface area contributed by atoms with Crippen LogP contribution in [-0.2, 0) is 4.79 Å². The molecular weight excluding hydrogens is 195 g/mol. The second kappa shape index (κ2) is 5.96. The van der Waals surface area contributed by atoms with Gasteiger partial charge in [-0.2, -0.15) is 0 Å². The Morgan fingerprint density at radius 3 is 2.67 bits per heavy atom. The highest BCUT2D eigenvalue weighted by atomic mass is 19.1. The SMILES string of the molecule is CC=CCCC(=O)Oc1ccc(F)cc1. The van der Waals surface area contributed by atoms with Crippen molar-refractivity contribution in [2.24, 2.45) is 0 Å². The number of ether oxygens (including phenoxy) is 1. The van der Waals surface area contributed by atoms with Gasteiger partial charge in [0.2, 0.25) is 0 Å². The van der Waals surface area contributed by atoms with Gasteiger partial charge in [-0.25, -0.2) is 4.39 Å². The molecule has 0 aliphatic carbocycles. The monoisotopic (exact) mass is 208 g/mol. The smallest absolute Gasteiger partial charge is 0.311 e. The molecule has 0 saturated carbocycles. The van der Waals surface area contributed by atoms with Crippen molar-refractivity contribution in [3.8, 4) is 5.75 Å². The highest BCUT2D eigenvalue weighted by Gasteiger charge is 2.03. The number of rotatable bonds is 4. The van der Waals surface area contributed by atoms with Crippen LogP contribution in [0.1, 0.15) is 19.8 Å². The van der Waals surface area contributed by atoms with Crippen LogP contribution >= 0.6 is 0 Å². The lowest BCUT2D eigenvalue weighted by molar-refractivity contribution is -0.134. The summed E-state index contributed by atoms with van der Waals surface area (Å²) in [5.41, 5.74) is 0. The Morgan fingerprint density at radius 2 is 2.07 bits per heavy atom. The van der Waals surface area contributed by atoms with Gasteiger partial charge >= 0.3 is 5.97 Å². The van der Waals surface area contributed by atoms with Gasteiger partial charge in [-0.1, -0.05) is 12.2 Å². The molecule has 0 aliphatic rings. The summed E-state index contributed by atoms with van der Waals surface area (Å²) in [7, 11) is 0. The molecule has 0 N–H and O–H groups in total. The van der Waals surface area contributed by atoms with Crippen LogP contribution in [-0.4, -0.2) is 5.97 Å². The zero-order chi connectivity index (χ0) is 11.1. The van der Waals surface area contributed by atoms with Crippen molar-refractivity contribution in [1.29, 1.82) is 0 Å². The summed E-state index contributed by atoms with van der Waals surface area (Å²) in [6.45, 7) is 1.89. The molecule has 15 heavy (non-hydrogen) atoms. The van der Waals surface area contributed by atoms with Crippen LogP contribution in [0, 0.1) is 5.82 Å². The summed E-state index contributed by atoms with van der Waals surface area (Å²) >= 11 is 0. The average Bonchev–Trinajstić information content (AvgIpc) is 2.22. The van der Waals surface area contributed by atoms with E-state index in [4.69, 9.17) is 4.74 Å². The van der Waals surface area contributed by atoms with Gasteiger partial charge < -0.3 is 4.74 Å². The van der Waals surface area contributed by atoms with Crippen LogP contribution in [0.3, 0.4) is 0 Å². The Hall–Kier alpha value is -1.64. The maximum absolute atomic E-state index is 12.5. The zero-order valence-electron chi connectivity index (χ0n) is 8.57. The fourth-order valence-corrected chi connectivity index (χ4v) is 1.05. The lowest BCUT2D eigenvalue weighted by Gasteiger charge is -2.02. The van der Waals surface area contributed by atoms with Gasteiger partial charge in [0.05, 0.1) is 0 Å². The standard InChI is InChI=1S/C12H13FO2/c1-2-3-4-5-12(14)15-11-8-6-10(13)7-9-11/h2-3,6-9H,4-5H2,1H3. The van der Waals surface area contributed by atoms with Crippen LogP contribution in [0.25, 0.3) is 0 Å². The fraction of sp³-hybridized carbons (Fsp3) is 0.250. The minimum Gasteiger partial charge on any atom is -0.427 e. The van der Waals surface area contributed by atoms with Gasteiger partial charge in [-0.15, -0.1) is 0 Å². The van der Waals surface area contributed by atoms with Crippen LogP contribution in [0.15, 0.2) is 36.4 Å². The number of benzene rings is 1. The predicted octanol–water partition coefficient (Wildman–Crippen LogP) is 3.09. The first-order valence-corrected chi connectivity index (χ1v) is 4.80. The molecule has 80 valence electrons. The Balaban J connectivity index is 2.41. The van der Waals surface area contributed by atoms with Crippen molar-refractivity contribution in [2.45, 2.75) is 19.8 Å². The van der Waals surface area contributed by atoms with E-state index >= 15 is 0 Å². The number of hydrogen-bond donors (Lipinski definition) is 0. The van der Waals surface area contributed by atoms with Gasteiger partial charge in [0, 0.05) is 6.42 Å². The lowest BCUT2D eigenvalue weighted by atomic mass is 10.3. The second-order valence-electron chi connectivity index (χ2n) is 3.04. The number of carbonyl (C=O) groups is 1. The van der Waals surface area contributed by atoms with Crippen LogP contribution < -0.4 is 4.74 Å². The number of esters is 1. The van der Waals surface area contributed by atoms with Crippen molar-refractivity contribution < 1.29 is 13.9 Å². The Bertz CT molecular complexity index is 341. The molecule has 3 heteroatoms. The minimum atomic E-state index is -0.344. The third-order valence-electron chi connectivity index (χ3n) is 1.80. The van der Waals surface area contributed by atoms with Crippen molar-refractivity contribution in [3.63, 3.8) is 0 Å². The zero-order valence-corrected chi connectivity index (χ0v) is 8.57. The molecular formula is C12H13FO2. The first-order valence-electron chi connectivity index (χ1n) is 4.80. The highest BCUT2D eigenvalue weighted by molar-refractivity contribution is 5.72. The normalized spacial score (nSPS) is 10.5. The maximum atomic E-state index is 12.5. The Morgan fingerprint density at radius 1 is 1.40 bits per heavy atom. The van der Waals surface area contributed by atoms with E-state index < -0.39 is 0 Å². The van der Waals surface area contributed by atoms with Crippen LogP contribution in [0.2, 0.25) is 0 Å². The first kappa shape index (κ1) is 11.4. The summed E-state index contributed by atoms with van der Waals surface area (Å²) in [4.78, 5) is 11.2. The molecule has 0 radical (unpaired) electrons.